The summed E-state index contributed by atoms with van der Waals surface area (Å²) >= 11 is 1.64. The zero-order chi connectivity index (χ0) is 22.4. The maximum atomic E-state index is 12.0. The molecule has 0 radical (unpaired) electrons. The molecular formula is C25H24N4O2S. The SMILES string of the molecule is COc1ccc2c(c1)Cc1c(SC)nc3c(Cc4ccc(C)cc4)c(NC(C)=O)nn3c1-2. The Hall–Kier alpha value is -3.32. The lowest BCUT2D eigenvalue weighted by atomic mass is 10.0. The minimum atomic E-state index is -0.148. The van der Waals surface area contributed by atoms with Gasteiger partial charge in [-0.25, -0.2) is 9.50 Å². The molecule has 0 saturated carbocycles. The second kappa shape index (κ2) is 7.98. The standard InChI is InChI=1S/C25H24N4O2S/c1-14-5-7-16(8-6-14)11-21-23(26-15(2)30)28-29-22-19-10-9-18(31-3)12-17(19)13-20(22)25(32-4)27-24(21)29/h5-10,12H,11,13H2,1-4H3,(H,26,28,30). The average Bonchev–Trinajstić information content (AvgIpc) is 3.32. The molecule has 6 nitrogen and oxygen atoms in total. The number of nitrogens with zero attached hydrogens (tertiary/aromatic N) is 3. The van der Waals surface area contributed by atoms with Crippen molar-refractivity contribution >= 4 is 29.1 Å². The van der Waals surface area contributed by atoms with Crippen LogP contribution in [0.5, 0.6) is 5.75 Å². The van der Waals surface area contributed by atoms with E-state index >= 15 is 0 Å². The molecule has 1 aliphatic carbocycles. The number of aryl methyl sites for hydroxylation is 1. The first-order chi connectivity index (χ1) is 15.5. The summed E-state index contributed by atoms with van der Waals surface area (Å²) in [5.74, 6) is 1.25. The Bertz CT molecular complexity index is 1360. The summed E-state index contributed by atoms with van der Waals surface area (Å²) in [7, 11) is 1.68. The number of rotatable bonds is 5. The highest BCUT2D eigenvalue weighted by Crippen LogP contribution is 2.43. The fraction of sp³-hybridized carbons (Fsp3) is 0.240. The predicted molar refractivity (Wildman–Crippen MR) is 128 cm³/mol. The number of carbonyl (C=O) groups excluding carboxylic acids is 1. The first kappa shape index (κ1) is 20.6. The fourth-order valence-electron chi connectivity index (χ4n) is 4.31. The van der Waals surface area contributed by atoms with Gasteiger partial charge < -0.3 is 10.1 Å². The molecule has 7 heteroatoms. The highest BCUT2D eigenvalue weighted by molar-refractivity contribution is 7.98. The van der Waals surface area contributed by atoms with E-state index in [4.69, 9.17) is 14.8 Å². The van der Waals surface area contributed by atoms with Crippen molar-refractivity contribution < 1.29 is 9.53 Å². The van der Waals surface area contributed by atoms with Gasteiger partial charge in [0.15, 0.2) is 11.5 Å². The van der Waals surface area contributed by atoms with Crippen molar-refractivity contribution in [2.75, 3.05) is 18.7 Å². The normalized spacial score (nSPS) is 12.0. The van der Waals surface area contributed by atoms with Gasteiger partial charge in [-0.15, -0.1) is 16.9 Å². The first-order valence-corrected chi connectivity index (χ1v) is 11.7. The van der Waals surface area contributed by atoms with Crippen LogP contribution in [0.1, 0.15) is 34.7 Å². The zero-order valence-electron chi connectivity index (χ0n) is 18.5. The van der Waals surface area contributed by atoms with Gasteiger partial charge in [0.05, 0.1) is 12.8 Å². The number of hydrogen-bond acceptors (Lipinski definition) is 5. The Kier molecular flexibility index (Phi) is 5.13. The van der Waals surface area contributed by atoms with E-state index in [0.717, 1.165) is 50.8 Å². The van der Waals surface area contributed by atoms with Crippen LogP contribution in [0.4, 0.5) is 5.82 Å². The van der Waals surface area contributed by atoms with E-state index in [0.29, 0.717) is 12.2 Å². The Balaban J connectivity index is 1.75. The largest absolute Gasteiger partial charge is 0.497 e. The Morgan fingerprint density at radius 2 is 2.00 bits per heavy atom. The van der Waals surface area contributed by atoms with Crippen molar-refractivity contribution in [2.45, 2.75) is 31.7 Å². The quantitative estimate of drug-likeness (QED) is 0.309. The summed E-state index contributed by atoms with van der Waals surface area (Å²) in [6, 6.07) is 14.6. The smallest absolute Gasteiger partial charge is 0.222 e. The van der Waals surface area contributed by atoms with Crippen LogP contribution < -0.4 is 10.1 Å². The van der Waals surface area contributed by atoms with Crippen molar-refractivity contribution in [1.82, 2.24) is 14.6 Å². The lowest BCUT2D eigenvalue weighted by Gasteiger charge is -2.09. The van der Waals surface area contributed by atoms with Gasteiger partial charge in [-0.3, -0.25) is 4.79 Å². The Labute approximate surface area is 191 Å². The Morgan fingerprint density at radius 1 is 1.22 bits per heavy atom. The maximum Gasteiger partial charge on any atom is 0.222 e. The van der Waals surface area contributed by atoms with Gasteiger partial charge in [0.2, 0.25) is 5.91 Å². The number of hydrogen-bond donors (Lipinski definition) is 1. The monoisotopic (exact) mass is 444 g/mol. The van der Waals surface area contributed by atoms with Gasteiger partial charge in [0, 0.05) is 36.5 Å². The van der Waals surface area contributed by atoms with Crippen LogP contribution in [0.3, 0.4) is 0 Å². The van der Waals surface area contributed by atoms with E-state index in [1.807, 2.05) is 16.8 Å². The highest BCUT2D eigenvalue weighted by atomic mass is 32.2. The van der Waals surface area contributed by atoms with Crippen molar-refractivity contribution in [2.24, 2.45) is 0 Å². The number of thioether (sulfide) groups is 1. The van der Waals surface area contributed by atoms with Crippen molar-refractivity contribution in [3.05, 3.63) is 70.3 Å². The summed E-state index contributed by atoms with van der Waals surface area (Å²) in [6.45, 7) is 3.58. The second-order valence-electron chi connectivity index (χ2n) is 8.05. The molecule has 32 heavy (non-hydrogen) atoms. The predicted octanol–water partition coefficient (Wildman–Crippen LogP) is 4.89. The third-order valence-corrected chi connectivity index (χ3v) is 6.57. The van der Waals surface area contributed by atoms with E-state index < -0.39 is 0 Å². The molecule has 4 aromatic rings. The number of nitrogens with one attached hydrogen (secondary N) is 1. The molecule has 162 valence electrons. The van der Waals surface area contributed by atoms with Gasteiger partial charge in [0.25, 0.3) is 0 Å². The molecule has 0 unspecified atom stereocenters. The molecule has 2 heterocycles. The van der Waals surface area contributed by atoms with Gasteiger partial charge in [0.1, 0.15) is 10.8 Å². The van der Waals surface area contributed by atoms with Gasteiger partial charge in [-0.05, 0) is 42.5 Å². The van der Waals surface area contributed by atoms with Crippen molar-refractivity contribution in [3.8, 4) is 17.0 Å². The molecule has 2 aromatic heterocycles. The Morgan fingerprint density at radius 3 is 2.69 bits per heavy atom. The number of aromatic nitrogens is 3. The van der Waals surface area contributed by atoms with E-state index in [2.05, 4.69) is 48.6 Å². The third-order valence-electron chi connectivity index (χ3n) is 5.84. The molecule has 0 saturated heterocycles. The number of fused-ring (bicyclic) bond motifs is 5. The number of benzene rings is 2. The van der Waals surface area contributed by atoms with Crippen LogP contribution in [0.15, 0.2) is 47.5 Å². The number of methoxy groups -OCH3 is 1. The van der Waals surface area contributed by atoms with Gasteiger partial charge >= 0.3 is 0 Å². The zero-order valence-corrected chi connectivity index (χ0v) is 19.3. The molecule has 0 fully saturated rings. The first-order valence-electron chi connectivity index (χ1n) is 10.5. The molecular weight excluding hydrogens is 420 g/mol. The highest BCUT2D eigenvalue weighted by Gasteiger charge is 2.29. The van der Waals surface area contributed by atoms with E-state index in [-0.39, 0.29) is 5.91 Å². The number of carbonyl (C=O) groups is 1. The van der Waals surface area contributed by atoms with Crippen molar-refractivity contribution in [1.29, 1.82) is 0 Å². The van der Waals surface area contributed by atoms with Crippen LogP contribution in [0, 0.1) is 6.92 Å². The average molecular weight is 445 g/mol. The lowest BCUT2D eigenvalue weighted by molar-refractivity contribution is -0.114. The molecule has 1 amide bonds. The molecule has 0 bridgehead atoms. The molecule has 0 spiro atoms. The molecule has 2 aromatic carbocycles. The van der Waals surface area contributed by atoms with E-state index in [1.54, 1.807) is 18.9 Å². The summed E-state index contributed by atoms with van der Waals surface area (Å²) in [5, 5.41) is 8.75. The number of amides is 1. The van der Waals surface area contributed by atoms with Crippen LogP contribution in [0.2, 0.25) is 0 Å². The second-order valence-corrected chi connectivity index (χ2v) is 8.85. The minimum absolute atomic E-state index is 0.148. The third kappa shape index (κ3) is 3.42. The molecule has 0 atom stereocenters. The van der Waals surface area contributed by atoms with E-state index in [9.17, 15) is 4.79 Å². The van der Waals surface area contributed by atoms with Crippen LogP contribution in [-0.4, -0.2) is 33.9 Å². The van der Waals surface area contributed by atoms with Crippen LogP contribution >= 0.6 is 11.8 Å². The van der Waals surface area contributed by atoms with Crippen molar-refractivity contribution in [3.63, 3.8) is 0 Å². The maximum absolute atomic E-state index is 12.0. The number of ether oxygens (including phenoxy) is 1. The molecule has 1 aliphatic rings. The molecule has 0 aliphatic heterocycles. The topological polar surface area (TPSA) is 68.5 Å². The summed E-state index contributed by atoms with van der Waals surface area (Å²) in [5.41, 5.74) is 8.58. The minimum Gasteiger partial charge on any atom is -0.497 e. The van der Waals surface area contributed by atoms with Crippen LogP contribution in [0.25, 0.3) is 16.9 Å². The fourth-order valence-corrected chi connectivity index (χ4v) is 4.91. The molecule has 1 N–H and O–H groups in total. The summed E-state index contributed by atoms with van der Waals surface area (Å²) < 4.78 is 7.34. The van der Waals surface area contributed by atoms with Crippen LogP contribution in [-0.2, 0) is 17.6 Å². The van der Waals surface area contributed by atoms with Gasteiger partial charge in [-0.1, -0.05) is 29.8 Å². The molecule has 5 rings (SSSR count). The lowest BCUT2D eigenvalue weighted by Crippen LogP contribution is -2.08. The summed E-state index contributed by atoms with van der Waals surface area (Å²) in [4.78, 5) is 17.0. The van der Waals surface area contributed by atoms with Gasteiger partial charge in [-0.2, -0.15) is 0 Å². The number of anilines is 1. The van der Waals surface area contributed by atoms with E-state index in [1.165, 1.54) is 18.1 Å². The summed E-state index contributed by atoms with van der Waals surface area (Å²) in [6.07, 6.45) is 3.46.